The van der Waals surface area contributed by atoms with E-state index in [9.17, 15) is 4.79 Å². The van der Waals surface area contributed by atoms with E-state index in [-0.39, 0.29) is 24.1 Å². The number of hydrogen-bond acceptors (Lipinski definition) is 3. The first-order valence-corrected chi connectivity index (χ1v) is 7.27. The zero-order chi connectivity index (χ0) is 14.5. The molecule has 2 N–H and O–H groups in total. The van der Waals surface area contributed by atoms with E-state index in [2.05, 4.69) is 48.7 Å². The second kappa shape index (κ2) is 6.86. The molecule has 1 aromatic carbocycles. The van der Waals surface area contributed by atoms with E-state index < -0.39 is 0 Å². The Morgan fingerprint density at radius 1 is 1.45 bits per heavy atom. The van der Waals surface area contributed by atoms with Crippen molar-refractivity contribution in [2.75, 3.05) is 13.7 Å². The first-order chi connectivity index (χ1) is 9.63. The van der Waals surface area contributed by atoms with Gasteiger partial charge in [-0.2, -0.15) is 0 Å². The average Bonchev–Trinajstić information content (AvgIpc) is 2.94. The van der Waals surface area contributed by atoms with Crippen molar-refractivity contribution in [1.29, 1.82) is 0 Å². The molecule has 0 aliphatic carbocycles. The maximum absolute atomic E-state index is 12.3. The Labute approximate surface area is 120 Å². The van der Waals surface area contributed by atoms with Gasteiger partial charge in [-0.1, -0.05) is 36.8 Å². The van der Waals surface area contributed by atoms with Gasteiger partial charge in [0.15, 0.2) is 0 Å². The number of ether oxygens (including phenoxy) is 1. The van der Waals surface area contributed by atoms with Crippen LogP contribution in [-0.4, -0.2) is 31.7 Å². The molecule has 1 aromatic rings. The number of carbonyl (C=O) groups excluding carboxylic acids is 1. The summed E-state index contributed by atoms with van der Waals surface area (Å²) in [4.78, 5) is 12.3. The van der Waals surface area contributed by atoms with Crippen LogP contribution in [0.2, 0.25) is 0 Å². The molecule has 3 atom stereocenters. The minimum Gasteiger partial charge on any atom is -0.380 e. The third-order valence-electron chi connectivity index (χ3n) is 3.94. The van der Waals surface area contributed by atoms with Crippen LogP contribution in [0.15, 0.2) is 24.3 Å². The molecular formula is C16H24N2O2. The molecule has 0 bridgehead atoms. The molecule has 1 saturated heterocycles. The largest absolute Gasteiger partial charge is 0.380 e. The summed E-state index contributed by atoms with van der Waals surface area (Å²) in [7, 11) is 1.69. The standard InChI is InChI=1S/C16H24N2O2/c1-4-14(12-7-5-11(2)6-8-12)18-16(19)15-9-13(20-3)10-17-15/h5-8,13-15,17H,4,9-10H2,1-3H3,(H,18,19). The van der Waals surface area contributed by atoms with Crippen LogP contribution in [0.25, 0.3) is 0 Å². The quantitative estimate of drug-likeness (QED) is 0.864. The average molecular weight is 276 g/mol. The number of amides is 1. The summed E-state index contributed by atoms with van der Waals surface area (Å²) in [6, 6.07) is 8.27. The van der Waals surface area contributed by atoms with E-state index in [4.69, 9.17) is 4.74 Å². The predicted molar refractivity (Wildman–Crippen MR) is 79.6 cm³/mol. The molecular weight excluding hydrogens is 252 g/mol. The zero-order valence-corrected chi connectivity index (χ0v) is 12.5. The number of aryl methyl sites for hydroxylation is 1. The van der Waals surface area contributed by atoms with Crippen molar-refractivity contribution in [3.63, 3.8) is 0 Å². The van der Waals surface area contributed by atoms with Gasteiger partial charge in [0.1, 0.15) is 0 Å². The number of carbonyl (C=O) groups is 1. The summed E-state index contributed by atoms with van der Waals surface area (Å²) < 4.78 is 5.28. The maximum Gasteiger partial charge on any atom is 0.237 e. The third kappa shape index (κ3) is 3.58. The van der Waals surface area contributed by atoms with Crippen LogP contribution in [0.5, 0.6) is 0 Å². The summed E-state index contributed by atoms with van der Waals surface area (Å²) in [6.07, 6.45) is 1.77. The highest BCUT2D eigenvalue weighted by Crippen LogP contribution is 2.18. The highest BCUT2D eigenvalue weighted by atomic mass is 16.5. The molecule has 1 aliphatic heterocycles. The molecule has 1 heterocycles. The number of hydrogen-bond donors (Lipinski definition) is 2. The Hall–Kier alpha value is -1.39. The van der Waals surface area contributed by atoms with Crippen LogP contribution in [0.3, 0.4) is 0 Å². The molecule has 1 aliphatic rings. The number of nitrogens with one attached hydrogen (secondary N) is 2. The van der Waals surface area contributed by atoms with Gasteiger partial charge in [0.05, 0.1) is 18.2 Å². The van der Waals surface area contributed by atoms with Crippen molar-refractivity contribution < 1.29 is 9.53 Å². The van der Waals surface area contributed by atoms with Crippen LogP contribution in [0.1, 0.15) is 36.9 Å². The van der Waals surface area contributed by atoms with E-state index in [1.807, 2.05) is 0 Å². The van der Waals surface area contributed by atoms with Crippen LogP contribution in [0, 0.1) is 6.92 Å². The van der Waals surface area contributed by atoms with E-state index in [0.29, 0.717) is 0 Å². The highest BCUT2D eigenvalue weighted by Gasteiger charge is 2.30. The lowest BCUT2D eigenvalue weighted by atomic mass is 10.0. The molecule has 110 valence electrons. The second-order valence-electron chi connectivity index (χ2n) is 5.43. The fourth-order valence-corrected chi connectivity index (χ4v) is 2.57. The maximum atomic E-state index is 12.3. The fourth-order valence-electron chi connectivity index (χ4n) is 2.57. The first kappa shape index (κ1) is 15.0. The normalized spacial score (nSPS) is 23.6. The molecule has 1 amide bonds. The molecule has 20 heavy (non-hydrogen) atoms. The molecule has 0 spiro atoms. The van der Waals surface area contributed by atoms with Gasteiger partial charge in [0.2, 0.25) is 5.91 Å². The summed E-state index contributed by atoms with van der Waals surface area (Å²) in [5, 5.41) is 6.34. The summed E-state index contributed by atoms with van der Waals surface area (Å²) in [5.41, 5.74) is 2.39. The lowest BCUT2D eigenvalue weighted by molar-refractivity contribution is -0.123. The van der Waals surface area contributed by atoms with E-state index in [0.717, 1.165) is 24.9 Å². The summed E-state index contributed by atoms with van der Waals surface area (Å²) in [5.74, 6) is 0.0666. The molecule has 4 nitrogen and oxygen atoms in total. The van der Waals surface area contributed by atoms with Crippen molar-refractivity contribution in [2.24, 2.45) is 0 Å². The Balaban J connectivity index is 1.96. The molecule has 0 aromatic heterocycles. The van der Waals surface area contributed by atoms with Crippen molar-refractivity contribution in [3.8, 4) is 0 Å². The Bertz CT molecular complexity index is 444. The van der Waals surface area contributed by atoms with Crippen LogP contribution in [0.4, 0.5) is 0 Å². The van der Waals surface area contributed by atoms with Gasteiger partial charge in [-0.25, -0.2) is 0 Å². The van der Waals surface area contributed by atoms with Gasteiger partial charge in [0, 0.05) is 13.7 Å². The Morgan fingerprint density at radius 2 is 2.15 bits per heavy atom. The molecule has 2 rings (SSSR count). The second-order valence-corrected chi connectivity index (χ2v) is 5.43. The lowest BCUT2D eigenvalue weighted by Crippen LogP contribution is -2.41. The number of rotatable bonds is 5. The molecule has 0 saturated carbocycles. The fraction of sp³-hybridized carbons (Fsp3) is 0.562. The molecule has 0 radical (unpaired) electrons. The summed E-state index contributed by atoms with van der Waals surface area (Å²) >= 11 is 0. The van der Waals surface area contributed by atoms with Crippen molar-refractivity contribution in [3.05, 3.63) is 35.4 Å². The van der Waals surface area contributed by atoms with Gasteiger partial charge < -0.3 is 15.4 Å². The van der Waals surface area contributed by atoms with Gasteiger partial charge in [0.25, 0.3) is 0 Å². The van der Waals surface area contributed by atoms with E-state index in [1.165, 1.54) is 5.56 Å². The monoisotopic (exact) mass is 276 g/mol. The van der Waals surface area contributed by atoms with E-state index in [1.54, 1.807) is 7.11 Å². The third-order valence-corrected chi connectivity index (χ3v) is 3.94. The van der Waals surface area contributed by atoms with Crippen molar-refractivity contribution in [2.45, 2.75) is 44.9 Å². The first-order valence-electron chi connectivity index (χ1n) is 7.27. The molecule has 3 unspecified atom stereocenters. The molecule has 1 fully saturated rings. The van der Waals surface area contributed by atoms with Gasteiger partial charge in [-0.05, 0) is 25.3 Å². The van der Waals surface area contributed by atoms with Crippen molar-refractivity contribution >= 4 is 5.91 Å². The number of benzene rings is 1. The minimum absolute atomic E-state index is 0.0666. The van der Waals surface area contributed by atoms with Gasteiger partial charge in [-0.3, -0.25) is 4.79 Å². The van der Waals surface area contributed by atoms with Gasteiger partial charge >= 0.3 is 0 Å². The van der Waals surface area contributed by atoms with Crippen molar-refractivity contribution in [1.82, 2.24) is 10.6 Å². The molecule has 4 heteroatoms. The van der Waals surface area contributed by atoms with E-state index >= 15 is 0 Å². The number of methoxy groups -OCH3 is 1. The van der Waals surface area contributed by atoms with Crippen LogP contribution in [-0.2, 0) is 9.53 Å². The van der Waals surface area contributed by atoms with Crippen LogP contribution >= 0.6 is 0 Å². The smallest absolute Gasteiger partial charge is 0.237 e. The predicted octanol–water partition coefficient (Wildman–Crippen LogP) is 1.94. The topological polar surface area (TPSA) is 50.4 Å². The SMILES string of the molecule is CCC(NC(=O)C1CC(OC)CN1)c1ccc(C)cc1. The Morgan fingerprint density at radius 3 is 2.70 bits per heavy atom. The highest BCUT2D eigenvalue weighted by molar-refractivity contribution is 5.82. The van der Waals surface area contributed by atoms with Crippen LogP contribution < -0.4 is 10.6 Å². The van der Waals surface area contributed by atoms with Gasteiger partial charge in [-0.15, -0.1) is 0 Å². The Kier molecular flexibility index (Phi) is 5.15. The minimum atomic E-state index is -0.139. The zero-order valence-electron chi connectivity index (χ0n) is 12.5. The summed E-state index contributed by atoms with van der Waals surface area (Å²) in [6.45, 7) is 4.90. The lowest BCUT2D eigenvalue weighted by Gasteiger charge is -2.20.